The first-order valence-corrected chi connectivity index (χ1v) is 8.14. The fourth-order valence-electron chi connectivity index (χ4n) is 1.64. The van der Waals surface area contributed by atoms with Gasteiger partial charge in [0.1, 0.15) is 12.9 Å². The van der Waals surface area contributed by atoms with Crippen LogP contribution in [0.25, 0.3) is 0 Å². The Bertz CT molecular complexity index is 738. The number of nitrogens with two attached hydrogens (primary N) is 1. The summed E-state index contributed by atoms with van der Waals surface area (Å²) in [6.07, 6.45) is 1.41. The van der Waals surface area contributed by atoms with E-state index in [9.17, 15) is 8.42 Å². The summed E-state index contributed by atoms with van der Waals surface area (Å²) in [6, 6.07) is 2.37. The fraction of sp³-hybridized carbons (Fsp3) is 0.273. The third-order valence-electron chi connectivity index (χ3n) is 2.64. The third kappa shape index (κ3) is 3.65. The summed E-state index contributed by atoms with van der Waals surface area (Å²) in [5.74, 6) is 0.761. The molecule has 0 atom stereocenters. The second kappa shape index (κ2) is 6.18. The molecule has 0 aliphatic rings. The molecule has 0 aliphatic carbocycles. The zero-order valence-electron chi connectivity index (χ0n) is 11.0. The van der Waals surface area contributed by atoms with Crippen molar-refractivity contribution in [2.75, 3.05) is 0 Å². The third-order valence-corrected chi connectivity index (χ3v) is 4.10. The van der Waals surface area contributed by atoms with E-state index in [0.29, 0.717) is 12.4 Å². The summed E-state index contributed by atoms with van der Waals surface area (Å²) in [6.45, 7) is 2.66. The van der Waals surface area contributed by atoms with Crippen molar-refractivity contribution in [1.29, 1.82) is 0 Å². The van der Waals surface area contributed by atoms with Gasteiger partial charge in [0.05, 0.1) is 14.9 Å². The van der Waals surface area contributed by atoms with Crippen molar-refractivity contribution in [3.05, 3.63) is 34.3 Å². The summed E-state index contributed by atoms with van der Waals surface area (Å²) in [5.41, 5.74) is 0. The minimum atomic E-state index is -3.88. The first kappa shape index (κ1) is 16.0. The molecule has 2 aromatic rings. The van der Waals surface area contributed by atoms with Gasteiger partial charge in [0, 0.05) is 6.54 Å². The molecule has 2 rings (SSSR count). The number of nitrogens with zero attached hydrogens (tertiary/aromatic N) is 3. The zero-order valence-corrected chi connectivity index (χ0v) is 13.3. The van der Waals surface area contributed by atoms with Gasteiger partial charge in [-0.3, -0.25) is 0 Å². The highest BCUT2D eigenvalue weighted by Crippen LogP contribution is 2.35. The van der Waals surface area contributed by atoms with E-state index in [2.05, 4.69) is 10.1 Å². The monoisotopic (exact) mass is 350 g/mol. The Kier molecular flexibility index (Phi) is 4.72. The van der Waals surface area contributed by atoms with Crippen LogP contribution < -0.4 is 9.88 Å². The zero-order chi connectivity index (χ0) is 15.6. The molecule has 0 bridgehead atoms. The van der Waals surface area contributed by atoms with E-state index in [1.54, 1.807) is 4.68 Å². The van der Waals surface area contributed by atoms with Gasteiger partial charge in [-0.1, -0.05) is 23.2 Å². The lowest BCUT2D eigenvalue weighted by molar-refractivity contribution is 0.287. The second-order valence-electron chi connectivity index (χ2n) is 4.04. The van der Waals surface area contributed by atoms with Crippen LogP contribution in [0.2, 0.25) is 10.0 Å². The molecule has 7 nitrogen and oxygen atoms in total. The predicted molar refractivity (Wildman–Crippen MR) is 77.9 cm³/mol. The van der Waals surface area contributed by atoms with Crippen molar-refractivity contribution in [1.82, 2.24) is 14.8 Å². The Morgan fingerprint density at radius 2 is 1.95 bits per heavy atom. The van der Waals surface area contributed by atoms with Crippen LogP contribution in [0.15, 0.2) is 23.4 Å². The van der Waals surface area contributed by atoms with Gasteiger partial charge in [0.25, 0.3) is 0 Å². The van der Waals surface area contributed by atoms with Gasteiger partial charge in [-0.25, -0.2) is 23.2 Å². The van der Waals surface area contributed by atoms with E-state index < -0.39 is 10.0 Å². The van der Waals surface area contributed by atoms with Gasteiger partial charge in [-0.05, 0) is 19.1 Å². The lowest BCUT2D eigenvalue weighted by Gasteiger charge is -2.11. The molecule has 114 valence electrons. The second-order valence-corrected chi connectivity index (χ2v) is 6.42. The van der Waals surface area contributed by atoms with Crippen LogP contribution in [-0.4, -0.2) is 23.2 Å². The first-order chi connectivity index (χ1) is 9.82. The molecule has 1 aromatic carbocycles. The molecule has 1 aromatic heterocycles. The van der Waals surface area contributed by atoms with E-state index in [4.69, 9.17) is 33.1 Å². The standard InChI is InChI=1S/C11H12Cl2N4O3S/c1-2-17-10(15-6-16-17)5-20-11-8(12)3-7(4-9(11)13)21(14,18)19/h3-4,6H,2,5H2,1H3,(H2,14,18,19). The molecule has 0 radical (unpaired) electrons. The van der Waals surface area contributed by atoms with E-state index in [1.165, 1.54) is 18.5 Å². The van der Waals surface area contributed by atoms with E-state index in [-0.39, 0.29) is 27.3 Å². The smallest absolute Gasteiger partial charge is 0.238 e. The number of hydrogen-bond donors (Lipinski definition) is 1. The van der Waals surface area contributed by atoms with Crippen molar-refractivity contribution in [2.24, 2.45) is 5.14 Å². The largest absolute Gasteiger partial charge is 0.482 e. The normalized spacial score (nSPS) is 11.6. The molecule has 0 amide bonds. The topological polar surface area (TPSA) is 100 Å². The maximum Gasteiger partial charge on any atom is 0.238 e. The molecular weight excluding hydrogens is 339 g/mol. The van der Waals surface area contributed by atoms with Gasteiger partial charge < -0.3 is 4.74 Å². The average molecular weight is 351 g/mol. The maximum atomic E-state index is 11.3. The van der Waals surface area contributed by atoms with Crippen molar-refractivity contribution in [3.8, 4) is 5.75 Å². The number of aromatic nitrogens is 3. The molecule has 0 unspecified atom stereocenters. The molecule has 0 saturated carbocycles. The van der Waals surface area contributed by atoms with Crippen LogP contribution >= 0.6 is 23.2 Å². The molecule has 10 heteroatoms. The Hall–Kier alpha value is -1.35. The number of rotatable bonds is 5. The van der Waals surface area contributed by atoms with Crippen molar-refractivity contribution in [2.45, 2.75) is 25.0 Å². The minimum absolute atomic E-state index is 0.0501. The minimum Gasteiger partial charge on any atom is -0.482 e. The Morgan fingerprint density at radius 3 is 2.48 bits per heavy atom. The van der Waals surface area contributed by atoms with E-state index in [1.807, 2.05) is 6.92 Å². The summed E-state index contributed by atoms with van der Waals surface area (Å²) in [4.78, 5) is 3.86. The molecule has 0 saturated heterocycles. The number of benzene rings is 1. The Balaban J connectivity index is 2.25. The number of hydrogen-bond acceptors (Lipinski definition) is 5. The highest BCUT2D eigenvalue weighted by atomic mass is 35.5. The Labute approximate surface area is 131 Å². The lowest BCUT2D eigenvalue weighted by atomic mass is 10.3. The van der Waals surface area contributed by atoms with Crippen molar-refractivity contribution in [3.63, 3.8) is 0 Å². The molecule has 0 aliphatic heterocycles. The molecular formula is C11H12Cl2N4O3S. The maximum absolute atomic E-state index is 11.3. The van der Waals surface area contributed by atoms with Crippen LogP contribution in [0.1, 0.15) is 12.7 Å². The highest BCUT2D eigenvalue weighted by Gasteiger charge is 2.16. The summed E-state index contributed by atoms with van der Waals surface area (Å²) >= 11 is 12.0. The van der Waals surface area contributed by atoms with Crippen molar-refractivity contribution < 1.29 is 13.2 Å². The van der Waals surface area contributed by atoms with Crippen molar-refractivity contribution >= 4 is 33.2 Å². The molecule has 1 heterocycles. The SMILES string of the molecule is CCn1ncnc1COc1c(Cl)cc(S(N)(=O)=O)cc1Cl. The van der Waals surface area contributed by atoms with Gasteiger partial charge in [0.2, 0.25) is 10.0 Å². The molecule has 0 spiro atoms. The quantitative estimate of drug-likeness (QED) is 0.886. The summed E-state index contributed by atoms with van der Waals surface area (Å²) < 4.78 is 29.7. The average Bonchev–Trinajstić information content (AvgIpc) is 2.84. The highest BCUT2D eigenvalue weighted by molar-refractivity contribution is 7.89. The predicted octanol–water partition coefficient (Wildman–Crippen LogP) is 1.83. The Morgan fingerprint density at radius 1 is 1.33 bits per heavy atom. The fourth-order valence-corrected chi connectivity index (χ4v) is 2.93. The van der Waals surface area contributed by atoms with E-state index >= 15 is 0 Å². The molecule has 0 fully saturated rings. The first-order valence-electron chi connectivity index (χ1n) is 5.84. The van der Waals surface area contributed by atoms with Gasteiger partial charge in [-0.2, -0.15) is 5.10 Å². The molecule has 21 heavy (non-hydrogen) atoms. The number of aryl methyl sites for hydroxylation is 1. The number of ether oxygens (including phenoxy) is 1. The number of sulfonamides is 1. The van der Waals surface area contributed by atoms with Crippen LogP contribution in [0, 0.1) is 0 Å². The van der Waals surface area contributed by atoms with Crippen LogP contribution in [0.4, 0.5) is 0 Å². The van der Waals surface area contributed by atoms with Crippen LogP contribution in [0.5, 0.6) is 5.75 Å². The van der Waals surface area contributed by atoms with Crippen LogP contribution in [-0.2, 0) is 23.2 Å². The van der Waals surface area contributed by atoms with E-state index in [0.717, 1.165) is 0 Å². The van der Waals surface area contributed by atoms with Crippen LogP contribution in [0.3, 0.4) is 0 Å². The summed E-state index contributed by atoms with van der Waals surface area (Å²) in [5, 5.41) is 9.13. The van der Waals surface area contributed by atoms with Gasteiger partial charge in [0.15, 0.2) is 11.6 Å². The van der Waals surface area contributed by atoms with Gasteiger partial charge in [-0.15, -0.1) is 0 Å². The number of primary sulfonamides is 1. The molecule has 2 N–H and O–H groups in total. The number of halogens is 2. The summed E-state index contributed by atoms with van der Waals surface area (Å²) in [7, 11) is -3.88. The van der Waals surface area contributed by atoms with Gasteiger partial charge >= 0.3 is 0 Å². The lowest BCUT2D eigenvalue weighted by Crippen LogP contribution is -2.12.